The molecule has 2 rings (SSSR count). The van der Waals surface area contributed by atoms with Gasteiger partial charge >= 0.3 is 0 Å². The number of aromatic nitrogens is 1. The van der Waals surface area contributed by atoms with Crippen molar-refractivity contribution in [3.63, 3.8) is 0 Å². The molecule has 0 fully saturated rings. The molecule has 0 aliphatic heterocycles. The molecule has 0 saturated heterocycles. The Hall–Kier alpha value is -2.69. The fourth-order valence-corrected chi connectivity index (χ4v) is 2.65. The average Bonchev–Trinajstić information content (AvgIpc) is 2.63. The van der Waals surface area contributed by atoms with Gasteiger partial charge in [0.25, 0.3) is 0 Å². The molecular formula is C19H24N2O3. The third-order valence-electron chi connectivity index (χ3n) is 3.86. The van der Waals surface area contributed by atoms with Crippen molar-refractivity contribution in [1.29, 1.82) is 0 Å². The Labute approximate surface area is 143 Å². The van der Waals surface area contributed by atoms with Crippen molar-refractivity contribution in [3.8, 4) is 17.2 Å². The first-order chi connectivity index (χ1) is 11.6. The van der Waals surface area contributed by atoms with E-state index in [4.69, 9.17) is 9.47 Å². The van der Waals surface area contributed by atoms with E-state index in [1.54, 1.807) is 12.4 Å². The Morgan fingerprint density at radius 1 is 1.12 bits per heavy atom. The second-order valence-electron chi connectivity index (χ2n) is 5.26. The van der Waals surface area contributed by atoms with Gasteiger partial charge in [0.15, 0.2) is 11.5 Å². The highest BCUT2D eigenvalue weighted by molar-refractivity contribution is 5.75. The maximum Gasteiger partial charge on any atom is 0.200 e. The normalized spacial score (nSPS) is 11.7. The molecule has 0 atom stereocenters. The largest absolute Gasteiger partial charge is 0.502 e. The average molecular weight is 328 g/mol. The molecule has 1 aromatic carbocycles. The number of hydrogen-bond donors (Lipinski definition) is 2. The molecule has 2 N–H and O–H groups in total. The first kappa shape index (κ1) is 17.7. The second-order valence-corrected chi connectivity index (χ2v) is 5.26. The molecule has 0 radical (unpaired) electrons. The van der Waals surface area contributed by atoms with Crippen LogP contribution in [0.15, 0.2) is 42.4 Å². The van der Waals surface area contributed by atoms with Gasteiger partial charge in [-0.3, -0.25) is 4.98 Å². The molecule has 0 aliphatic rings. The van der Waals surface area contributed by atoms with Crippen LogP contribution in [0.4, 0.5) is 5.69 Å². The number of rotatable bonds is 7. The first-order valence-corrected chi connectivity index (χ1v) is 7.98. The van der Waals surface area contributed by atoms with E-state index in [9.17, 15) is 5.11 Å². The standard InChI is InChI=1S/C19H24N2O3/c1-5-15(16(6-2)21-14-8-7-9-20-12-14)13-10-17(23-3)19(22)18(11-13)24-4/h7-12,21-22H,5-6H2,1-4H3/b16-15-. The van der Waals surface area contributed by atoms with E-state index in [1.165, 1.54) is 14.2 Å². The monoisotopic (exact) mass is 328 g/mol. The number of allylic oxidation sites excluding steroid dienone is 2. The fraction of sp³-hybridized carbons (Fsp3) is 0.316. The minimum absolute atomic E-state index is 0.0115. The van der Waals surface area contributed by atoms with Crippen LogP contribution in [-0.4, -0.2) is 24.3 Å². The number of phenolic OH excluding ortho intramolecular Hbond substituents is 1. The van der Waals surface area contributed by atoms with Crippen LogP contribution < -0.4 is 14.8 Å². The highest BCUT2D eigenvalue weighted by Crippen LogP contribution is 2.40. The summed E-state index contributed by atoms with van der Waals surface area (Å²) in [6.45, 7) is 4.20. The van der Waals surface area contributed by atoms with Gasteiger partial charge in [0.1, 0.15) is 0 Å². The van der Waals surface area contributed by atoms with E-state index in [0.29, 0.717) is 11.5 Å². The zero-order chi connectivity index (χ0) is 17.5. The van der Waals surface area contributed by atoms with Crippen molar-refractivity contribution in [2.45, 2.75) is 26.7 Å². The molecule has 0 amide bonds. The van der Waals surface area contributed by atoms with Gasteiger partial charge in [0.2, 0.25) is 5.75 Å². The lowest BCUT2D eigenvalue weighted by Gasteiger charge is -2.18. The van der Waals surface area contributed by atoms with Crippen LogP contribution in [0, 0.1) is 0 Å². The summed E-state index contributed by atoms with van der Waals surface area (Å²) in [6, 6.07) is 7.54. The number of phenols is 1. The molecule has 0 aliphatic carbocycles. The summed E-state index contributed by atoms with van der Waals surface area (Å²) in [5, 5.41) is 13.5. The Bertz CT molecular complexity index is 687. The highest BCUT2D eigenvalue weighted by atomic mass is 16.5. The lowest BCUT2D eigenvalue weighted by Crippen LogP contribution is -2.03. The van der Waals surface area contributed by atoms with E-state index in [2.05, 4.69) is 24.1 Å². The van der Waals surface area contributed by atoms with Crippen LogP contribution in [-0.2, 0) is 0 Å². The van der Waals surface area contributed by atoms with Gasteiger partial charge in [-0.2, -0.15) is 0 Å². The fourth-order valence-electron chi connectivity index (χ4n) is 2.65. The van der Waals surface area contributed by atoms with Crippen LogP contribution in [0.2, 0.25) is 0 Å². The van der Waals surface area contributed by atoms with Crippen molar-refractivity contribution >= 4 is 11.3 Å². The van der Waals surface area contributed by atoms with Gasteiger partial charge in [-0.15, -0.1) is 0 Å². The van der Waals surface area contributed by atoms with Crippen molar-refractivity contribution in [2.75, 3.05) is 19.5 Å². The highest BCUT2D eigenvalue weighted by Gasteiger charge is 2.15. The summed E-state index contributed by atoms with van der Waals surface area (Å²) in [7, 11) is 3.06. The Morgan fingerprint density at radius 2 is 1.79 bits per heavy atom. The Morgan fingerprint density at radius 3 is 2.25 bits per heavy atom. The summed E-state index contributed by atoms with van der Waals surface area (Å²) >= 11 is 0. The van der Waals surface area contributed by atoms with E-state index >= 15 is 0 Å². The zero-order valence-corrected chi connectivity index (χ0v) is 14.6. The van der Waals surface area contributed by atoms with Crippen molar-refractivity contribution in [1.82, 2.24) is 4.98 Å². The molecule has 5 heteroatoms. The molecule has 2 aromatic rings. The molecule has 128 valence electrons. The van der Waals surface area contributed by atoms with E-state index < -0.39 is 0 Å². The van der Waals surface area contributed by atoms with Gasteiger partial charge < -0.3 is 19.9 Å². The Kier molecular flexibility index (Phi) is 6.07. The summed E-state index contributed by atoms with van der Waals surface area (Å²) in [4.78, 5) is 4.14. The van der Waals surface area contributed by atoms with E-state index in [-0.39, 0.29) is 5.75 Å². The molecule has 1 aromatic heterocycles. The maximum absolute atomic E-state index is 10.1. The van der Waals surface area contributed by atoms with Gasteiger partial charge in [0.05, 0.1) is 26.1 Å². The van der Waals surface area contributed by atoms with Crippen molar-refractivity contribution < 1.29 is 14.6 Å². The summed E-state index contributed by atoms with van der Waals surface area (Å²) < 4.78 is 10.5. The van der Waals surface area contributed by atoms with Crippen LogP contribution >= 0.6 is 0 Å². The molecule has 0 spiro atoms. The summed E-state index contributed by atoms with van der Waals surface area (Å²) in [5.74, 6) is 0.803. The van der Waals surface area contributed by atoms with Crippen LogP contribution in [0.3, 0.4) is 0 Å². The molecule has 0 bridgehead atoms. The molecule has 0 unspecified atom stereocenters. The van der Waals surface area contributed by atoms with Crippen LogP contribution in [0.1, 0.15) is 32.3 Å². The van der Waals surface area contributed by atoms with E-state index in [1.807, 2.05) is 24.3 Å². The number of nitrogens with one attached hydrogen (secondary N) is 1. The summed E-state index contributed by atoms with van der Waals surface area (Å²) in [6.07, 6.45) is 5.20. The third kappa shape index (κ3) is 3.79. The minimum atomic E-state index is 0.0115. The van der Waals surface area contributed by atoms with Crippen LogP contribution in [0.5, 0.6) is 17.2 Å². The van der Waals surface area contributed by atoms with Crippen molar-refractivity contribution in [2.24, 2.45) is 0 Å². The predicted molar refractivity (Wildman–Crippen MR) is 96.6 cm³/mol. The Balaban J connectivity index is 2.51. The summed E-state index contributed by atoms with van der Waals surface area (Å²) in [5.41, 5.74) is 4.13. The molecule has 5 nitrogen and oxygen atoms in total. The number of pyridine rings is 1. The third-order valence-corrected chi connectivity index (χ3v) is 3.86. The SMILES string of the molecule is CC/C(Nc1cccnc1)=C(\CC)c1cc(OC)c(O)c(OC)c1. The van der Waals surface area contributed by atoms with Gasteiger partial charge in [-0.25, -0.2) is 0 Å². The number of aromatic hydroxyl groups is 1. The lowest BCUT2D eigenvalue weighted by molar-refractivity contribution is 0.339. The first-order valence-electron chi connectivity index (χ1n) is 7.98. The molecule has 1 heterocycles. The number of anilines is 1. The lowest BCUT2D eigenvalue weighted by atomic mass is 9.98. The number of nitrogens with zero attached hydrogens (tertiary/aromatic N) is 1. The topological polar surface area (TPSA) is 63.6 Å². The zero-order valence-electron chi connectivity index (χ0n) is 14.6. The maximum atomic E-state index is 10.1. The van der Waals surface area contributed by atoms with Crippen molar-refractivity contribution in [3.05, 3.63) is 47.9 Å². The van der Waals surface area contributed by atoms with Gasteiger partial charge in [-0.1, -0.05) is 13.8 Å². The minimum Gasteiger partial charge on any atom is -0.502 e. The number of ether oxygens (including phenoxy) is 2. The number of hydrogen-bond acceptors (Lipinski definition) is 5. The van der Waals surface area contributed by atoms with E-state index in [0.717, 1.165) is 35.4 Å². The smallest absolute Gasteiger partial charge is 0.200 e. The molecule has 24 heavy (non-hydrogen) atoms. The van der Waals surface area contributed by atoms with Gasteiger partial charge in [0, 0.05) is 11.9 Å². The number of benzene rings is 1. The predicted octanol–water partition coefficient (Wildman–Crippen LogP) is 4.45. The quantitative estimate of drug-likeness (QED) is 0.786. The van der Waals surface area contributed by atoms with Crippen LogP contribution in [0.25, 0.3) is 5.57 Å². The van der Waals surface area contributed by atoms with Gasteiger partial charge in [-0.05, 0) is 48.2 Å². The molecule has 0 saturated carbocycles. The second kappa shape index (κ2) is 8.24. The number of methoxy groups -OCH3 is 2. The molecular weight excluding hydrogens is 304 g/mol.